The first-order chi connectivity index (χ1) is 12.2. The number of amides is 1. The summed E-state index contributed by atoms with van der Waals surface area (Å²) < 4.78 is 5.15. The molecule has 1 heterocycles. The largest absolute Gasteiger partial charge is 0.497 e. The van der Waals surface area contributed by atoms with Crippen LogP contribution in [0.15, 0.2) is 59.4 Å². The molecule has 1 aromatic heterocycles. The number of hydrogen-bond acceptors (Lipinski definition) is 3. The minimum Gasteiger partial charge on any atom is -0.497 e. The van der Waals surface area contributed by atoms with E-state index in [2.05, 4.69) is 10.3 Å². The average Bonchev–Trinajstić information content (AvgIpc) is 2.62. The molecule has 2 N–H and O–H groups in total. The van der Waals surface area contributed by atoms with E-state index in [0.717, 1.165) is 22.2 Å². The molecule has 25 heavy (non-hydrogen) atoms. The molecule has 1 amide bonds. The Balaban J connectivity index is 1.58. The fraction of sp³-hybridized carbons (Fsp3) is 0.200. The lowest BCUT2D eigenvalue weighted by Crippen LogP contribution is -2.28. The van der Waals surface area contributed by atoms with Crippen LogP contribution in [0.5, 0.6) is 5.75 Å². The summed E-state index contributed by atoms with van der Waals surface area (Å²) in [5.41, 5.74) is 2.26. The van der Waals surface area contributed by atoms with E-state index >= 15 is 0 Å². The summed E-state index contributed by atoms with van der Waals surface area (Å²) in [6.07, 6.45) is 0.773. The van der Waals surface area contributed by atoms with Crippen LogP contribution in [0.3, 0.4) is 0 Å². The molecule has 0 atom stereocenters. The van der Waals surface area contributed by atoms with Crippen LogP contribution in [0, 0.1) is 0 Å². The maximum Gasteiger partial charge on any atom is 0.251 e. The molecule has 0 fully saturated rings. The molecule has 5 heteroatoms. The second-order valence-corrected chi connectivity index (χ2v) is 5.84. The van der Waals surface area contributed by atoms with Gasteiger partial charge in [-0.2, -0.15) is 0 Å². The van der Waals surface area contributed by atoms with Gasteiger partial charge in [0.05, 0.1) is 13.5 Å². The number of rotatable bonds is 6. The third-order valence-corrected chi connectivity index (χ3v) is 4.05. The Hall–Kier alpha value is -3.08. The predicted molar refractivity (Wildman–Crippen MR) is 98.0 cm³/mol. The monoisotopic (exact) mass is 336 g/mol. The molecule has 0 saturated heterocycles. The number of para-hydroxylation sites is 1. The molecule has 0 spiro atoms. The molecule has 0 saturated carbocycles. The molecule has 0 bridgehead atoms. The third-order valence-electron chi connectivity index (χ3n) is 4.05. The molecule has 0 unspecified atom stereocenters. The highest BCUT2D eigenvalue weighted by Gasteiger charge is 2.06. The molecule has 0 aliphatic heterocycles. The molecular weight excluding hydrogens is 316 g/mol. The Morgan fingerprint density at radius 3 is 2.80 bits per heavy atom. The van der Waals surface area contributed by atoms with E-state index in [1.807, 2.05) is 54.6 Å². The van der Waals surface area contributed by atoms with E-state index in [4.69, 9.17) is 4.74 Å². The van der Waals surface area contributed by atoms with Crippen molar-refractivity contribution >= 4 is 16.8 Å². The lowest BCUT2D eigenvalue weighted by atomic mass is 10.1. The highest BCUT2D eigenvalue weighted by Crippen LogP contribution is 2.13. The molecule has 2 aromatic carbocycles. The van der Waals surface area contributed by atoms with Crippen LogP contribution in [0.2, 0.25) is 0 Å². The van der Waals surface area contributed by atoms with E-state index in [1.165, 1.54) is 0 Å². The van der Waals surface area contributed by atoms with Gasteiger partial charge in [-0.15, -0.1) is 0 Å². The molecule has 0 radical (unpaired) electrons. The molecule has 3 aromatic rings. The summed E-state index contributed by atoms with van der Waals surface area (Å²) in [5.74, 6) is 0.651. The first-order valence-corrected chi connectivity index (χ1v) is 8.16. The van der Waals surface area contributed by atoms with Crippen LogP contribution in [-0.2, 0) is 17.6 Å². The highest BCUT2D eigenvalue weighted by atomic mass is 16.5. The van der Waals surface area contributed by atoms with Gasteiger partial charge in [-0.25, -0.2) is 0 Å². The van der Waals surface area contributed by atoms with E-state index in [9.17, 15) is 9.59 Å². The first-order valence-electron chi connectivity index (χ1n) is 8.16. The Morgan fingerprint density at radius 1 is 1.12 bits per heavy atom. The van der Waals surface area contributed by atoms with Crippen molar-refractivity contribution in [3.63, 3.8) is 0 Å². The number of fused-ring (bicyclic) bond motifs is 1. The Morgan fingerprint density at radius 2 is 1.96 bits per heavy atom. The van der Waals surface area contributed by atoms with Crippen LogP contribution in [-0.4, -0.2) is 24.5 Å². The molecule has 128 valence electrons. The summed E-state index contributed by atoms with van der Waals surface area (Å²) in [7, 11) is 1.60. The van der Waals surface area contributed by atoms with Crippen LogP contribution in [0.1, 0.15) is 11.1 Å². The summed E-state index contributed by atoms with van der Waals surface area (Å²) in [4.78, 5) is 27.0. The number of benzene rings is 2. The van der Waals surface area contributed by atoms with Gasteiger partial charge < -0.3 is 15.0 Å². The Labute approximate surface area is 145 Å². The first kappa shape index (κ1) is 16.8. The second kappa shape index (κ2) is 7.66. The van der Waals surface area contributed by atoms with Gasteiger partial charge >= 0.3 is 0 Å². The zero-order chi connectivity index (χ0) is 17.6. The van der Waals surface area contributed by atoms with Crippen molar-refractivity contribution in [3.8, 4) is 5.75 Å². The summed E-state index contributed by atoms with van der Waals surface area (Å²) in [6, 6.07) is 16.9. The quantitative estimate of drug-likeness (QED) is 0.726. The molecule has 0 aliphatic carbocycles. The van der Waals surface area contributed by atoms with Gasteiger partial charge in [0, 0.05) is 17.6 Å². The van der Waals surface area contributed by atoms with E-state index in [1.54, 1.807) is 7.11 Å². The number of hydrogen-bond donors (Lipinski definition) is 2. The van der Waals surface area contributed by atoms with Gasteiger partial charge in [0.2, 0.25) is 5.91 Å². The summed E-state index contributed by atoms with van der Waals surface area (Å²) >= 11 is 0. The van der Waals surface area contributed by atoms with Crippen LogP contribution in [0.4, 0.5) is 0 Å². The average molecular weight is 336 g/mol. The van der Waals surface area contributed by atoms with Crippen LogP contribution in [0.25, 0.3) is 10.9 Å². The minimum atomic E-state index is -0.110. The zero-order valence-corrected chi connectivity index (χ0v) is 14.0. The van der Waals surface area contributed by atoms with E-state index in [-0.39, 0.29) is 17.9 Å². The van der Waals surface area contributed by atoms with Crippen molar-refractivity contribution in [2.24, 2.45) is 0 Å². The SMILES string of the molecule is COc1cccc(CC(=O)NCCc2cc3ccccc3[nH]c2=O)c1. The van der Waals surface area contributed by atoms with E-state index in [0.29, 0.717) is 18.5 Å². The topological polar surface area (TPSA) is 71.2 Å². The summed E-state index contributed by atoms with van der Waals surface area (Å²) in [5, 5.41) is 3.85. The van der Waals surface area contributed by atoms with Gasteiger partial charge in [-0.3, -0.25) is 9.59 Å². The number of methoxy groups -OCH3 is 1. The van der Waals surface area contributed by atoms with Crippen LogP contribution >= 0.6 is 0 Å². The molecule has 0 aliphatic rings. The number of aromatic nitrogens is 1. The maximum absolute atomic E-state index is 12.1. The normalized spacial score (nSPS) is 10.6. The van der Waals surface area contributed by atoms with Gasteiger partial charge in [0.1, 0.15) is 5.75 Å². The second-order valence-electron chi connectivity index (χ2n) is 5.84. The number of aromatic amines is 1. The predicted octanol–water partition coefficient (Wildman–Crippen LogP) is 2.44. The summed E-state index contributed by atoms with van der Waals surface area (Å²) in [6.45, 7) is 0.421. The number of pyridine rings is 1. The van der Waals surface area contributed by atoms with Crippen molar-refractivity contribution in [3.05, 3.63) is 76.1 Å². The molecule has 5 nitrogen and oxygen atoms in total. The Bertz CT molecular complexity index is 947. The Kier molecular flexibility index (Phi) is 5.14. The maximum atomic E-state index is 12.1. The lowest BCUT2D eigenvalue weighted by Gasteiger charge is -2.07. The molecule has 3 rings (SSSR count). The lowest BCUT2D eigenvalue weighted by molar-refractivity contribution is -0.120. The standard InChI is InChI=1S/C20H20N2O3/c1-25-17-7-4-5-14(11-17)12-19(23)21-10-9-16-13-15-6-2-3-8-18(15)22-20(16)24/h2-8,11,13H,9-10,12H2,1H3,(H,21,23)(H,22,24). The fourth-order valence-electron chi connectivity index (χ4n) is 2.75. The minimum absolute atomic E-state index is 0.0783. The smallest absolute Gasteiger partial charge is 0.251 e. The number of carbonyl (C=O) groups is 1. The number of nitrogens with one attached hydrogen (secondary N) is 2. The van der Waals surface area contributed by atoms with Gasteiger partial charge in [0.25, 0.3) is 5.56 Å². The fourth-order valence-corrected chi connectivity index (χ4v) is 2.75. The van der Waals surface area contributed by atoms with Crippen LogP contribution < -0.4 is 15.6 Å². The third kappa shape index (κ3) is 4.26. The molecular formula is C20H20N2O3. The number of ether oxygens (including phenoxy) is 1. The highest BCUT2D eigenvalue weighted by molar-refractivity contribution is 5.79. The zero-order valence-electron chi connectivity index (χ0n) is 14.0. The number of H-pyrrole nitrogens is 1. The van der Waals surface area contributed by atoms with Crippen molar-refractivity contribution in [2.75, 3.05) is 13.7 Å². The van der Waals surface area contributed by atoms with Crippen molar-refractivity contribution in [1.29, 1.82) is 0 Å². The van der Waals surface area contributed by atoms with Gasteiger partial charge in [-0.05, 0) is 41.6 Å². The van der Waals surface area contributed by atoms with Gasteiger partial charge in [-0.1, -0.05) is 30.3 Å². The van der Waals surface area contributed by atoms with Crippen molar-refractivity contribution < 1.29 is 9.53 Å². The van der Waals surface area contributed by atoms with Gasteiger partial charge in [0.15, 0.2) is 0 Å². The van der Waals surface area contributed by atoms with E-state index < -0.39 is 0 Å². The number of carbonyl (C=O) groups excluding carboxylic acids is 1. The van der Waals surface area contributed by atoms with Crippen molar-refractivity contribution in [2.45, 2.75) is 12.8 Å². The van der Waals surface area contributed by atoms with Crippen molar-refractivity contribution in [1.82, 2.24) is 10.3 Å².